The van der Waals surface area contributed by atoms with Crippen molar-refractivity contribution >= 4 is 39.1 Å². The number of carboxylic acid groups (broad SMARTS) is 2. The van der Waals surface area contributed by atoms with Crippen LogP contribution in [0.1, 0.15) is 43.0 Å². The number of rotatable bonds is 8. The third-order valence-corrected chi connectivity index (χ3v) is 8.96. The first-order chi connectivity index (χ1) is 17.6. The molecule has 0 fully saturated rings. The summed E-state index contributed by atoms with van der Waals surface area (Å²) < 4.78 is 24.0. The number of nitrogens with one attached hydrogen (secondary N) is 2. The number of aliphatic hydroxyl groups excluding tert-OH is 2. The van der Waals surface area contributed by atoms with Crippen LogP contribution in [0.5, 0.6) is 0 Å². The lowest BCUT2D eigenvalue weighted by Crippen LogP contribution is -2.39. The topological polar surface area (TPSA) is 173 Å². The molecule has 1 aliphatic heterocycles. The van der Waals surface area contributed by atoms with Crippen LogP contribution in [0.3, 0.4) is 0 Å². The Morgan fingerprint density at radius 1 is 0.947 bits per heavy atom. The van der Waals surface area contributed by atoms with Gasteiger partial charge in [-0.2, -0.15) is 0 Å². The summed E-state index contributed by atoms with van der Waals surface area (Å²) in [4.78, 5) is 19.5. The first-order valence-corrected chi connectivity index (χ1v) is 14.0. The van der Waals surface area contributed by atoms with E-state index in [1.165, 1.54) is 11.1 Å². The molecular formula is C26H35ClN2O8S. The molecule has 0 spiro atoms. The van der Waals surface area contributed by atoms with Gasteiger partial charge < -0.3 is 31.1 Å². The second-order valence-electron chi connectivity index (χ2n) is 9.92. The summed E-state index contributed by atoms with van der Waals surface area (Å²) in [6, 6.07) is 11.9. The van der Waals surface area contributed by atoms with E-state index in [-0.39, 0.29) is 5.75 Å². The van der Waals surface area contributed by atoms with Crippen molar-refractivity contribution in [2.45, 2.75) is 62.9 Å². The zero-order valence-electron chi connectivity index (χ0n) is 21.6. The summed E-state index contributed by atoms with van der Waals surface area (Å²) in [7, 11) is -3.18. The molecule has 38 heavy (non-hydrogen) atoms. The van der Waals surface area contributed by atoms with Gasteiger partial charge in [0.25, 0.3) is 0 Å². The summed E-state index contributed by atoms with van der Waals surface area (Å²) in [5.41, 5.74) is 5.57. The minimum absolute atomic E-state index is 0.0647. The molecule has 0 radical (unpaired) electrons. The molecule has 0 saturated heterocycles. The fourth-order valence-corrected chi connectivity index (χ4v) is 4.89. The van der Waals surface area contributed by atoms with E-state index in [2.05, 4.69) is 16.7 Å². The number of carbonyl (C=O) groups is 2. The van der Waals surface area contributed by atoms with Gasteiger partial charge in [-0.05, 0) is 75.0 Å². The van der Waals surface area contributed by atoms with Crippen LogP contribution in [0.4, 0.5) is 5.69 Å². The molecule has 0 amide bonds. The number of halogens is 1. The van der Waals surface area contributed by atoms with Crippen molar-refractivity contribution in [3.63, 3.8) is 0 Å². The third kappa shape index (κ3) is 8.67. The highest BCUT2D eigenvalue weighted by molar-refractivity contribution is 7.91. The quantitative estimate of drug-likeness (QED) is 0.276. The highest BCUT2D eigenvalue weighted by Gasteiger charge is 2.30. The number of benzene rings is 2. The minimum Gasteiger partial charge on any atom is -0.479 e. The third-order valence-electron chi connectivity index (χ3n) is 6.07. The van der Waals surface area contributed by atoms with Gasteiger partial charge in [-0.25, -0.2) is 18.0 Å². The molecule has 0 saturated carbocycles. The maximum Gasteiger partial charge on any atom is 0.335 e. The Morgan fingerprint density at radius 2 is 1.47 bits per heavy atom. The Labute approximate surface area is 227 Å². The van der Waals surface area contributed by atoms with Crippen LogP contribution in [0.15, 0.2) is 36.4 Å². The van der Waals surface area contributed by atoms with Crippen LogP contribution < -0.4 is 10.6 Å². The van der Waals surface area contributed by atoms with E-state index in [9.17, 15) is 18.0 Å². The van der Waals surface area contributed by atoms with Crippen LogP contribution in [0.2, 0.25) is 5.02 Å². The molecule has 2 aromatic carbocycles. The van der Waals surface area contributed by atoms with E-state index < -0.39 is 38.7 Å². The van der Waals surface area contributed by atoms with Crippen LogP contribution in [-0.4, -0.2) is 70.8 Å². The number of aliphatic carboxylic acids is 2. The summed E-state index contributed by atoms with van der Waals surface area (Å²) >= 11 is 6.47. The fraction of sp³-hybridized carbons (Fsp3) is 0.462. The van der Waals surface area contributed by atoms with E-state index >= 15 is 0 Å². The molecule has 0 aliphatic carbocycles. The second kappa shape index (κ2) is 13.4. The number of hydrogen-bond donors (Lipinski definition) is 6. The van der Waals surface area contributed by atoms with Gasteiger partial charge in [0.2, 0.25) is 0 Å². The zero-order chi connectivity index (χ0) is 28.7. The number of hydrogen-bond acceptors (Lipinski definition) is 8. The summed E-state index contributed by atoms with van der Waals surface area (Å²) in [5, 5.41) is 40.2. The van der Waals surface area contributed by atoms with E-state index in [1.807, 2.05) is 30.3 Å². The Morgan fingerprint density at radius 3 is 2.00 bits per heavy atom. The van der Waals surface area contributed by atoms with Gasteiger partial charge >= 0.3 is 11.9 Å². The average molecular weight is 571 g/mol. The summed E-state index contributed by atoms with van der Waals surface area (Å²) in [6.45, 7) is 7.82. The lowest BCUT2D eigenvalue weighted by molar-refractivity contribution is -0.165. The Bertz CT molecular complexity index is 1210. The van der Waals surface area contributed by atoms with Crippen molar-refractivity contribution in [2.75, 3.05) is 18.4 Å². The molecule has 3 rings (SSSR count). The smallest absolute Gasteiger partial charge is 0.335 e. The molecule has 1 heterocycles. The monoisotopic (exact) mass is 570 g/mol. The van der Waals surface area contributed by atoms with Gasteiger partial charge in [0.1, 0.15) is 0 Å². The molecule has 12 heteroatoms. The number of carboxylic acids is 2. The maximum absolute atomic E-state index is 12.4. The van der Waals surface area contributed by atoms with Crippen LogP contribution in [0, 0.1) is 0 Å². The van der Waals surface area contributed by atoms with Crippen molar-refractivity contribution in [2.24, 2.45) is 0 Å². The molecule has 0 aromatic heterocycles. The maximum atomic E-state index is 12.4. The highest BCUT2D eigenvalue weighted by atomic mass is 35.5. The van der Waals surface area contributed by atoms with Crippen LogP contribution >= 0.6 is 11.6 Å². The molecular weight excluding hydrogens is 536 g/mol. The summed E-state index contributed by atoms with van der Waals surface area (Å²) in [6.07, 6.45) is -2.56. The fourth-order valence-electron chi connectivity index (χ4n) is 3.58. The molecule has 2 unspecified atom stereocenters. The Kier molecular flexibility index (Phi) is 11.1. The number of fused-ring (bicyclic) bond motifs is 1. The van der Waals surface area contributed by atoms with Crippen molar-refractivity contribution in [1.82, 2.24) is 5.32 Å². The van der Waals surface area contributed by atoms with Crippen LogP contribution in [0.25, 0.3) is 0 Å². The highest BCUT2D eigenvalue weighted by Crippen LogP contribution is 2.31. The van der Waals surface area contributed by atoms with Crippen molar-refractivity contribution in [1.29, 1.82) is 0 Å². The predicted molar refractivity (Wildman–Crippen MR) is 145 cm³/mol. The van der Waals surface area contributed by atoms with E-state index in [1.54, 1.807) is 20.8 Å². The van der Waals surface area contributed by atoms with Crippen LogP contribution in [-0.2, 0) is 44.6 Å². The molecule has 2 aromatic rings. The Hall–Kier alpha value is -2.70. The largest absolute Gasteiger partial charge is 0.479 e. The van der Waals surface area contributed by atoms with Gasteiger partial charge in [-0.15, -0.1) is 0 Å². The first kappa shape index (κ1) is 31.5. The molecule has 10 nitrogen and oxygen atoms in total. The van der Waals surface area contributed by atoms with Crippen molar-refractivity contribution < 1.29 is 38.4 Å². The lowest BCUT2D eigenvalue weighted by Gasteiger charge is -2.19. The lowest BCUT2D eigenvalue weighted by atomic mass is 10.0. The van der Waals surface area contributed by atoms with Gasteiger partial charge in [0.05, 0.1) is 21.2 Å². The molecule has 210 valence electrons. The SMILES string of the molecule is CC(C)(C)S(=O)(=O)Cc1ccc(CNc2c(Cl)ccc3c2CCNCC3)cc1.O=C(O)C(O)C(O)C(=O)O. The van der Waals surface area contributed by atoms with Crippen molar-refractivity contribution in [3.8, 4) is 0 Å². The first-order valence-electron chi connectivity index (χ1n) is 12.0. The predicted octanol–water partition coefficient (Wildman–Crippen LogP) is 2.23. The normalized spacial score (nSPS) is 15.2. The second-order valence-corrected chi connectivity index (χ2v) is 13.1. The van der Waals surface area contributed by atoms with E-state index in [0.717, 1.165) is 47.8 Å². The minimum atomic E-state index is -3.18. The molecule has 0 bridgehead atoms. The van der Waals surface area contributed by atoms with Gasteiger partial charge in [-0.3, -0.25) is 0 Å². The van der Waals surface area contributed by atoms with Gasteiger partial charge in [0, 0.05) is 6.54 Å². The molecule has 1 aliphatic rings. The van der Waals surface area contributed by atoms with E-state index in [0.29, 0.717) is 6.54 Å². The number of sulfone groups is 1. The number of aliphatic hydroxyl groups is 2. The van der Waals surface area contributed by atoms with Gasteiger partial charge in [-0.1, -0.05) is 41.9 Å². The Balaban J connectivity index is 0.000000432. The van der Waals surface area contributed by atoms with Crippen molar-refractivity contribution in [3.05, 3.63) is 63.7 Å². The zero-order valence-corrected chi connectivity index (χ0v) is 23.1. The van der Waals surface area contributed by atoms with Gasteiger partial charge in [0.15, 0.2) is 22.0 Å². The standard InChI is InChI=1S/C22H29ClN2O2S.C4H6O6/c1-22(2,3)28(26,27)15-17-6-4-16(5-7-17)14-25-21-19-11-13-24-12-10-18(19)8-9-20(21)23;5-1(3(7)8)2(6)4(9)10/h4-9,24-25H,10-15H2,1-3H3;1-2,5-6H,(H,7,8)(H,9,10). The molecule has 6 N–H and O–H groups in total. The van der Waals surface area contributed by atoms with E-state index in [4.69, 9.17) is 32.0 Å². The summed E-state index contributed by atoms with van der Waals surface area (Å²) in [5.74, 6) is -3.47. The molecule has 2 atom stereocenters. The number of anilines is 1. The average Bonchev–Trinajstić information content (AvgIpc) is 3.08.